The highest BCUT2D eigenvalue weighted by atomic mass is 35.5. The maximum Gasteiger partial charge on any atom is 0.216 e. The van der Waals surface area contributed by atoms with Crippen LogP contribution in [0.1, 0.15) is 11.1 Å². The molecular weight excluding hydrogens is 457 g/mol. The monoisotopic (exact) mass is 473 g/mol. The van der Waals surface area contributed by atoms with Gasteiger partial charge in [-0.1, -0.05) is 53.5 Å². The molecular formula is C23H17Cl2NO4S. The molecule has 0 fully saturated rings. The summed E-state index contributed by atoms with van der Waals surface area (Å²) in [5, 5.41) is 10.5. The molecule has 0 atom stereocenters. The first-order valence-corrected chi connectivity index (χ1v) is 11.3. The summed E-state index contributed by atoms with van der Waals surface area (Å²) in [6.07, 6.45) is 1.30. The molecule has 31 heavy (non-hydrogen) atoms. The van der Waals surface area contributed by atoms with E-state index < -0.39 is 9.84 Å². The molecule has 0 saturated heterocycles. The van der Waals surface area contributed by atoms with Crippen LogP contribution >= 0.6 is 23.2 Å². The van der Waals surface area contributed by atoms with E-state index in [0.29, 0.717) is 27.1 Å². The topological polar surface area (TPSA) is 76.4 Å². The van der Waals surface area contributed by atoms with Crippen molar-refractivity contribution in [2.45, 2.75) is 11.5 Å². The zero-order valence-electron chi connectivity index (χ0n) is 16.4. The van der Waals surface area contributed by atoms with Crippen LogP contribution in [0.2, 0.25) is 10.0 Å². The summed E-state index contributed by atoms with van der Waals surface area (Å²) in [4.78, 5) is -0.322. The smallest absolute Gasteiger partial charge is 0.216 e. The predicted octanol–water partition coefficient (Wildman–Crippen LogP) is 5.92. The molecule has 0 saturated carbocycles. The quantitative estimate of drug-likeness (QED) is 0.398. The van der Waals surface area contributed by atoms with Crippen LogP contribution in [-0.2, 0) is 16.4 Å². The normalized spacial score (nSPS) is 11.6. The number of hydrogen-bond donors (Lipinski definition) is 0. The van der Waals surface area contributed by atoms with Gasteiger partial charge < -0.3 is 9.47 Å². The number of sulfone groups is 1. The van der Waals surface area contributed by atoms with Gasteiger partial charge in [0, 0.05) is 15.6 Å². The molecule has 0 aliphatic rings. The average Bonchev–Trinajstić information content (AvgIpc) is 2.77. The van der Waals surface area contributed by atoms with Gasteiger partial charge in [-0.3, -0.25) is 0 Å². The Morgan fingerprint density at radius 2 is 1.77 bits per heavy atom. The second kappa shape index (κ2) is 9.88. The number of benzene rings is 3. The zero-order chi connectivity index (χ0) is 22.4. The molecule has 8 heteroatoms. The highest BCUT2D eigenvalue weighted by molar-refractivity contribution is 7.95. The maximum absolute atomic E-state index is 12.7. The molecule has 0 amide bonds. The molecule has 0 bridgehead atoms. The highest BCUT2D eigenvalue weighted by Crippen LogP contribution is 2.31. The first-order chi connectivity index (χ1) is 14.8. The molecule has 0 unspecified atom stereocenters. The fourth-order valence-electron chi connectivity index (χ4n) is 2.74. The Labute approximate surface area is 191 Å². The van der Waals surface area contributed by atoms with E-state index in [4.69, 9.17) is 32.7 Å². The molecule has 0 aliphatic heterocycles. The van der Waals surface area contributed by atoms with Gasteiger partial charge >= 0.3 is 0 Å². The lowest BCUT2D eigenvalue weighted by Gasteiger charge is -2.12. The van der Waals surface area contributed by atoms with E-state index in [1.807, 2.05) is 0 Å². The number of nitrogens with zero attached hydrogens (tertiary/aromatic N) is 1. The van der Waals surface area contributed by atoms with Crippen LogP contribution in [0.3, 0.4) is 0 Å². The lowest BCUT2D eigenvalue weighted by atomic mass is 10.2. The summed E-state index contributed by atoms with van der Waals surface area (Å²) in [7, 11) is -2.46. The predicted molar refractivity (Wildman–Crippen MR) is 121 cm³/mol. The average molecular weight is 474 g/mol. The van der Waals surface area contributed by atoms with Crippen molar-refractivity contribution in [3.63, 3.8) is 0 Å². The van der Waals surface area contributed by atoms with Gasteiger partial charge in [0.05, 0.1) is 12.0 Å². The van der Waals surface area contributed by atoms with Crippen molar-refractivity contribution >= 4 is 39.1 Å². The minimum atomic E-state index is -3.93. The zero-order valence-corrected chi connectivity index (χ0v) is 18.7. The van der Waals surface area contributed by atoms with E-state index in [0.717, 1.165) is 5.56 Å². The second-order valence-corrected chi connectivity index (χ2v) is 9.13. The Bertz CT molecular complexity index is 1270. The fraction of sp³-hybridized carbons (Fsp3) is 0.0870. The number of methoxy groups -OCH3 is 1. The fourth-order valence-corrected chi connectivity index (χ4v) is 4.38. The molecule has 0 heterocycles. The van der Waals surface area contributed by atoms with E-state index in [1.165, 1.54) is 25.3 Å². The van der Waals surface area contributed by atoms with Crippen LogP contribution in [0.4, 0.5) is 0 Å². The third-order valence-electron chi connectivity index (χ3n) is 4.34. The lowest BCUT2D eigenvalue weighted by molar-refractivity contribution is 0.284. The lowest BCUT2D eigenvalue weighted by Crippen LogP contribution is -2.03. The van der Waals surface area contributed by atoms with E-state index in [2.05, 4.69) is 0 Å². The van der Waals surface area contributed by atoms with Gasteiger partial charge in [0.2, 0.25) is 9.84 Å². The molecule has 0 aliphatic carbocycles. The summed E-state index contributed by atoms with van der Waals surface area (Å²) in [5.41, 5.74) is 1.22. The van der Waals surface area contributed by atoms with Crippen LogP contribution < -0.4 is 9.47 Å². The third kappa shape index (κ3) is 5.39. The van der Waals surface area contributed by atoms with Crippen molar-refractivity contribution in [1.82, 2.24) is 0 Å². The minimum Gasteiger partial charge on any atom is -0.493 e. The molecule has 0 spiro atoms. The number of hydrogen-bond acceptors (Lipinski definition) is 5. The van der Waals surface area contributed by atoms with Crippen molar-refractivity contribution in [3.8, 4) is 17.6 Å². The van der Waals surface area contributed by atoms with Crippen molar-refractivity contribution in [3.05, 3.63) is 92.8 Å². The van der Waals surface area contributed by atoms with Crippen LogP contribution in [0, 0.1) is 11.3 Å². The number of halogens is 2. The molecule has 5 nitrogen and oxygen atoms in total. The molecule has 0 aromatic heterocycles. The van der Waals surface area contributed by atoms with Crippen LogP contribution in [-0.4, -0.2) is 15.5 Å². The Morgan fingerprint density at radius 3 is 2.42 bits per heavy atom. The van der Waals surface area contributed by atoms with Crippen LogP contribution in [0.15, 0.2) is 76.5 Å². The van der Waals surface area contributed by atoms with E-state index in [9.17, 15) is 13.7 Å². The summed E-state index contributed by atoms with van der Waals surface area (Å²) >= 11 is 12.1. The molecule has 0 radical (unpaired) electrons. The van der Waals surface area contributed by atoms with Crippen molar-refractivity contribution < 1.29 is 17.9 Å². The Hall–Kier alpha value is -2.98. The molecule has 3 aromatic rings. The highest BCUT2D eigenvalue weighted by Gasteiger charge is 2.20. The Morgan fingerprint density at radius 1 is 1.03 bits per heavy atom. The minimum absolute atomic E-state index is 0.0505. The van der Waals surface area contributed by atoms with Crippen LogP contribution in [0.5, 0.6) is 11.5 Å². The SMILES string of the molecule is COc1cc(/C=C(\C#N)S(=O)(=O)c2ccccc2)ccc1OCc1ccc(Cl)cc1Cl. The van der Waals surface area contributed by atoms with Crippen LogP contribution in [0.25, 0.3) is 6.08 Å². The summed E-state index contributed by atoms with van der Waals surface area (Å²) in [6, 6.07) is 19.5. The molecule has 3 aromatic carbocycles. The first kappa shape index (κ1) is 22.7. The number of allylic oxidation sites excluding steroid dienone is 1. The molecule has 158 valence electrons. The standard InChI is InChI=1S/C23H17Cl2NO4S/c1-29-23-12-16(11-20(14-26)31(27,28)19-5-3-2-4-6-19)7-10-22(23)30-15-17-8-9-18(24)13-21(17)25/h2-13H,15H2,1H3/b20-11+. The van der Waals surface area contributed by atoms with Gasteiger partial charge in [-0.15, -0.1) is 0 Å². The van der Waals surface area contributed by atoms with Crippen molar-refractivity contribution in [2.24, 2.45) is 0 Å². The number of rotatable bonds is 7. The molecule has 3 rings (SSSR count). The van der Waals surface area contributed by atoms with Gasteiger partial charge in [-0.2, -0.15) is 5.26 Å². The van der Waals surface area contributed by atoms with Gasteiger partial charge in [0.1, 0.15) is 17.6 Å². The third-order valence-corrected chi connectivity index (χ3v) is 6.60. The number of ether oxygens (including phenoxy) is 2. The summed E-state index contributed by atoms with van der Waals surface area (Å²) in [5.74, 6) is 0.823. The van der Waals surface area contributed by atoms with Crippen molar-refractivity contribution in [2.75, 3.05) is 7.11 Å². The maximum atomic E-state index is 12.7. The molecule has 0 N–H and O–H groups in total. The summed E-state index contributed by atoms with van der Waals surface area (Å²) < 4.78 is 36.6. The largest absolute Gasteiger partial charge is 0.493 e. The van der Waals surface area contributed by atoms with E-state index >= 15 is 0 Å². The van der Waals surface area contributed by atoms with Gasteiger partial charge in [0.15, 0.2) is 11.5 Å². The summed E-state index contributed by atoms with van der Waals surface area (Å²) in [6.45, 7) is 0.188. The first-order valence-electron chi connectivity index (χ1n) is 9.02. The van der Waals surface area contributed by atoms with Gasteiger partial charge in [-0.05, 0) is 48.0 Å². The Balaban J connectivity index is 1.87. The second-order valence-electron chi connectivity index (χ2n) is 6.37. The van der Waals surface area contributed by atoms with Gasteiger partial charge in [0.25, 0.3) is 0 Å². The number of nitriles is 1. The van der Waals surface area contributed by atoms with Gasteiger partial charge in [-0.25, -0.2) is 8.42 Å². The Kier molecular flexibility index (Phi) is 7.24. The van der Waals surface area contributed by atoms with E-state index in [-0.39, 0.29) is 16.4 Å². The van der Waals surface area contributed by atoms with E-state index in [1.54, 1.807) is 60.7 Å². The van der Waals surface area contributed by atoms with Crippen molar-refractivity contribution in [1.29, 1.82) is 5.26 Å².